The molecule has 3 nitrogen and oxygen atoms in total. The van der Waals surface area contributed by atoms with Gasteiger partial charge in [-0.25, -0.2) is 0 Å². The van der Waals surface area contributed by atoms with Crippen molar-refractivity contribution >= 4 is 32.4 Å². The molecule has 0 unspecified atom stereocenters. The van der Waals surface area contributed by atoms with Crippen LogP contribution in [-0.2, 0) is 0 Å². The van der Waals surface area contributed by atoms with Gasteiger partial charge in [0.1, 0.15) is 5.75 Å². The van der Waals surface area contributed by atoms with Crippen molar-refractivity contribution in [2.45, 2.75) is 38.5 Å². The van der Waals surface area contributed by atoms with Crippen LogP contribution in [-0.4, -0.2) is 16.9 Å². The van der Waals surface area contributed by atoms with E-state index in [9.17, 15) is 0 Å². The van der Waals surface area contributed by atoms with E-state index in [-0.39, 0.29) is 12.3 Å². The van der Waals surface area contributed by atoms with Crippen LogP contribution < -0.4 is 4.74 Å². The van der Waals surface area contributed by atoms with Crippen LogP contribution in [0.1, 0.15) is 43.4 Å². The SMILES string of the molecule is CCC[C@H]1Oc2ccc(Br)cc2[C@H]2CC(c3ccc4ccccc4c3)=NN21. The summed E-state index contributed by atoms with van der Waals surface area (Å²) in [5.74, 6) is 0.993. The molecule has 0 saturated carbocycles. The summed E-state index contributed by atoms with van der Waals surface area (Å²) in [6.07, 6.45) is 2.96. The summed E-state index contributed by atoms with van der Waals surface area (Å²) >= 11 is 3.61. The molecule has 0 amide bonds. The lowest BCUT2D eigenvalue weighted by Crippen LogP contribution is -2.40. The van der Waals surface area contributed by atoms with Gasteiger partial charge in [0.05, 0.1) is 11.8 Å². The van der Waals surface area contributed by atoms with E-state index in [1.807, 2.05) is 0 Å². The Bertz CT molecular complexity index is 1050. The maximum Gasteiger partial charge on any atom is 0.187 e. The first kappa shape index (κ1) is 16.8. The fourth-order valence-corrected chi connectivity index (χ4v) is 4.49. The van der Waals surface area contributed by atoms with E-state index in [1.165, 1.54) is 21.9 Å². The van der Waals surface area contributed by atoms with Gasteiger partial charge < -0.3 is 4.74 Å². The summed E-state index contributed by atoms with van der Waals surface area (Å²) in [6.45, 7) is 2.19. The number of fused-ring (bicyclic) bond motifs is 4. The molecule has 136 valence electrons. The molecule has 0 bridgehead atoms. The minimum Gasteiger partial charge on any atom is -0.469 e. The zero-order chi connectivity index (χ0) is 18.4. The molecule has 27 heavy (non-hydrogen) atoms. The minimum atomic E-state index is 0.00614. The van der Waals surface area contributed by atoms with Crippen molar-refractivity contribution in [3.8, 4) is 5.75 Å². The predicted octanol–water partition coefficient (Wildman–Crippen LogP) is 6.27. The standard InChI is InChI=1S/C23H21BrN2O/c1-2-5-23-26-21(19-13-18(24)10-11-22(19)27-23)14-20(25-26)17-9-8-15-6-3-4-7-16(15)12-17/h3-4,6-13,21,23H,2,5,14H2,1H3/t21-,23-/m1/s1. The average molecular weight is 421 g/mol. The van der Waals surface area contributed by atoms with Gasteiger partial charge in [0.25, 0.3) is 0 Å². The Kier molecular flexibility index (Phi) is 4.16. The molecule has 0 radical (unpaired) electrons. The molecular weight excluding hydrogens is 400 g/mol. The third kappa shape index (κ3) is 2.92. The number of ether oxygens (including phenoxy) is 1. The molecule has 0 fully saturated rings. The highest BCUT2D eigenvalue weighted by molar-refractivity contribution is 9.10. The van der Waals surface area contributed by atoms with Gasteiger partial charge in [-0.1, -0.05) is 65.7 Å². The average Bonchev–Trinajstić information content (AvgIpc) is 3.14. The second kappa shape index (κ2) is 6.68. The summed E-state index contributed by atoms with van der Waals surface area (Å²) in [6, 6.07) is 21.7. The molecule has 2 heterocycles. The third-order valence-corrected chi connectivity index (χ3v) is 5.94. The van der Waals surface area contributed by atoms with E-state index in [4.69, 9.17) is 9.84 Å². The van der Waals surface area contributed by atoms with Crippen molar-refractivity contribution in [1.82, 2.24) is 5.01 Å². The molecule has 0 aromatic heterocycles. The Hall–Kier alpha value is -2.33. The van der Waals surface area contributed by atoms with Crippen molar-refractivity contribution in [2.24, 2.45) is 5.10 Å². The van der Waals surface area contributed by atoms with Gasteiger partial charge in [-0.3, -0.25) is 5.01 Å². The second-order valence-corrected chi connectivity index (χ2v) is 8.17. The Morgan fingerprint density at radius 1 is 1.07 bits per heavy atom. The van der Waals surface area contributed by atoms with E-state index in [1.54, 1.807) is 0 Å². The van der Waals surface area contributed by atoms with Crippen molar-refractivity contribution in [1.29, 1.82) is 0 Å². The van der Waals surface area contributed by atoms with Crippen LogP contribution in [0.2, 0.25) is 0 Å². The van der Waals surface area contributed by atoms with Gasteiger partial charge in [0, 0.05) is 22.9 Å². The van der Waals surface area contributed by atoms with E-state index in [0.717, 1.165) is 35.2 Å². The molecule has 0 N–H and O–H groups in total. The highest BCUT2D eigenvalue weighted by Crippen LogP contribution is 2.44. The van der Waals surface area contributed by atoms with E-state index >= 15 is 0 Å². The molecule has 2 aliphatic heterocycles. The topological polar surface area (TPSA) is 24.8 Å². The molecule has 0 aliphatic carbocycles. The number of hydrogen-bond acceptors (Lipinski definition) is 3. The van der Waals surface area contributed by atoms with E-state index < -0.39 is 0 Å². The van der Waals surface area contributed by atoms with Crippen molar-refractivity contribution < 1.29 is 4.74 Å². The molecular formula is C23H21BrN2O. The first-order valence-corrected chi connectivity index (χ1v) is 10.3. The Labute approximate surface area is 167 Å². The largest absolute Gasteiger partial charge is 0.469 e. The quantitative estimate of drug-likeness (QED) is 0.498. The highest BCUT2D eigenvalue weighted by Gasteiger charge is 2.39. The summed E-state index contributed by atoms with van der Waals surface area (Å²) < 4.78 is 7.38. The summed E-state index contributed by atoms with van der Waals surface area (Å²) in [4.78, 5) is 0. The second-order valence-electron chi connectivity index (χ2n) is 7.25. The number of rotatable bonds is 3. The van der Waals surface area contributed by atoms with Gasteiger partial charge >= 0.3 is 0 Å². The summed E-state index contributed by atoms with van der Waals surface area (Å²) in [5, 5.41) is 9.73. The first-order valence-electron chi connectivity index (χ1n) is 9.54. The first-order chi connectivity index (χ1) is 13.2. The number of nitrogens with zero attached hydrogens (tertiary/aromatic N) is 2. The molecule has 0 saturated heterocycles. The van der Waals surface area contributed by atoms with Crippen molar-refractivity contribution in [2.75, 3.05) is 0 Å². The Balaban J connectivity index is 1.55. The number of halogens is 1. The molecule has 3 aromatic rings. The fraction of sp³-hybridized carbons (Fsp3) is 0.261. The lowest BCUT2D eigenvalue weighted by molar-refractivity contribution is -0.0223. The molecule has 5 rings (SSSR count). The monoisotopic (exact) mass is 420 g/mol. The van der Waals surface area contributed by atoms with Crippen LogP contribution in [0.3, 0.4) is 0 Å². The van der Waals surface area contributed by atoms with Gasteiger partial charge in [0.15, 0.2) is 6.23 Å². The molecule has 2 aliphatic rings. The Morgan fingerprint density at radius 3 is 2.78 bits per heavy atom. The van der Waals surface area contributed by atoms with Gasteiger partial charge in [0.2, 0.25) is 0 Å². The van der Waals surface area contributed by atoms with E-state index in [2.05, 4.69) is 88.5 Å². The molecule has 2 atom stereocenters. The molecule has 0 spiro atoms. The highest BCUT2D eigenvalue weighted by atomic mass is 79.9. The maximum atomic E-state index is 6.29. The normalized spacial score (nSPS) is 20.8. The van der Waals surface area contributed by atoms with Crippen molar-refractivity contribution in [3.05, 3.63) is 76.3 Å². The van der Waals surface area contributed by atoms with Crippen LogP contribution in [0.15, 0.2) is 70.2 Å². The zero-order valence-electron chi connectivity index (χ0n) is 15.2. The third-order valence-electron chi connectivity index (χ3n) is 5.45. The van der Waals surface area contributed by atoms with E-state index in [0.29, 0.717) is 0 Å². The lowest BCUT2D eigenvalue weighted by atomic mass is 9.95. The van der Waals surface area contributed by atoms with Crippen molar-refractivity contribution in [3.63, 3.8) is 0 Å². The molecule has 3 aromatic carbocycles. The number of hydrazone groups is 1. The van der Waals surface area contributed by atoms with Crippen LogP contribution in [0.4, 0.5) is 0 Å². The number of hydrogen-bond donors (Lipinski definition) is 0. The van der Waals surface area contributed by atoms with Crippen LogP contribution in [0.5, 0.6) is 5.75 Å². The lowest BCUT2D eigenvalue weighted by Gasteiger charge is -2.38. The minimum absolute atomic E-state index is 0.00614. The summed E-state index contributed by atoms with van der Waals surface area (Å²) in [7, 11) is 0. The predicted molar refractivity (Wildman–Crippen MR) is 113 cm³/mol. The van der Waals surface area contributed by atoms with Gasteiger partial charge in [-0.15, -0.1) is 0 Å². The smallest absolute Gasteiger partial charge is 0.187 e. The summed E-state index contributed by atoms with van der Waals surface area (Å²) in [5.41, 5.74) is 3.56. The van der Waals surface area contributed by atoms with Gasteiger partial charge in [-0.2, -0.15) is 5.10 Å². The maximum absolute atomic E-state index is 6.29. The van der Waals surface area contributed by atoms with Crippen LogP contribution in [0, 0.1) is 0 Å². The Morgan fingerprint density at radius 2 is 1.93 bits per heavy atom. The zero-order valence-corrected chi connectivity index (χ0v) is 16.8. The number of benzene rings is 3. The van der Waals surface area contributed by atoms with Crippen LogP contribution >= 0.6 is 15.9 Å². The fourth-order valence-electron chi connectivity index (χ4n) is 4.11. The van der Waals surface area contributed by atoms with Crippen LogP contribution in [0.25, 0.3) is 10.8 Å². The van der Waals surface area contributed by atoms with Gasteiger partial charge in [-0.05, 0) is 40.6 Å². The molecule has 4 heteroatoms.